The zero-order chi connectivity index (χ0) is 27.6. The van der Waals surface area contributed by atoms with Crippen molar-refractivity contribution in [3.05, 3.63) is 71.3 Å². The van der Waals surface area contributed by atoms with Gasteiger partial charge in [-0.3, -0.25) is 9.59 Å². The summed E-state index contributed by atoms with van der Waals surface area (Å²) < 4.78 is 5.36. The van der Waals surface area contributed by atoms with Crippen molar-refractivity contribution in [2.75, 3.05) is 13.2 Å². The fourth-order valence-corrected chi connectivity index (χ4v) is 3.89. The van der Waals surface area contributed by atoms with Gasteiger partial charge in [0.2, 0.25) is 11.8 Å². The van der Waals surface area contributed by atoms with Crippen molar-refractivity contribution in [2.45, 2.75) is 72.2 Å². The summed E-state index contributed by atoms with van der Waals surface area (Å²) >= 11 is 0. The van der Waals surface area contributed by atoms with Crippen LogP contribution in [-0.2, 0) is 27.3 Å². The standard InChI is InChI=1S/C29H41N3O5/c1-7-21-13-15-23(16-14-21)25(26(34)30-19-22-11-9-8-10-12-22)32(17-18-33)27(35)24(20(2)3)31-28(36)37-29(4,5)6/h8-16,20,24-25,33H,7,17-19H2,1-6H3,(H,30,34)(H,31,36). The van der Waals surface area contributed by atoms with Gasteiger partial charge < -0.3 is 25.4 Å². The average molecular weight is 512 g/mol. The van der Waals surface area contributed by atoms with Gasteiger partial charge in [0.15, 0.2) is 0 Å². The van der Waals surface area contributed by atoms with Crippen molar-refractivity contribution in [1.82, 2.24) is 15.5 Å². The number of rotatable bonds is 11. The second kappa shape index (κ2) is 13.8. The summed E-state index contributed by atoms with van der Waals surface area (Å²) in [5, 5.41) is 15.5. The van der Waals surface area contributed by atoms with E-state index in [2.05, 4.69) is 10.6 Å². The van der Waals surface area contributed by atoms with Crippen molar-refractivity contribution < 1.29 is 24.2 Å². The fourth-order valence-electron chi connectivity index (χ4n) is 3.89. The number of ether oxygens (including phenoxy) is 1. The molecule has 37 heavy (non-hydrogen) atoms. The molecule has 8 heteroatoms. The monoisotopic (exact) mass is 511 g/mol. The maximum Gasteiger partial charge on any atom is 0.408 e. The Balaban J connectivity index is 2.41. The molecule has 0 bridgehead atoms. The zero-order valence-electron chi connectivity index (χ0n) is 22.8. The lowest BCUT2D eigenvalue weighted by Crippen LogP contribution is -2.55. The fraction of sp³-hybridized carbons (Fsp3) is 0.483. The number of aliphatic hydroxyl groups excluding tert-OH is 1. The summed E-state index contributed by atoms with van der Waals surface area (Å²) in [6.45, 7) is 10.7. The number of aliphatic hydroxyl groups is 1. The van der Waals surface area contributed by atoms with Crippen molar-refractivity contribution in [2.24, 2.45) is 5.92 Å². The highest BCUT2D eigenvalue weighted by Crippen LogP contribution is 2.24. The molecule has 2 atom stereocenters. The first kappa shape index (κ1) is 29.8. The molecule has 3 N–H and O–H groups in total. The first-order valence-electron chi connectivity index (χ1n) is 12.8. The summed E-state index contributed by atoms with van der Waals surface area (Å²) in [4.78, 5) is 41.3. The molecule has 0 saturated heterocycles. The van der Waals surface area contributed by atoms with Crippen LogP contribution < -0.4 is 10.6 Å². The SMILES string of the molecule is CCc1ccc(C(C(=O)NCc2ccccc2)N(CCO)C(=O)C(NC(=O)OC(C)(C)C)C(C)C)cc1. The molecule has 3 amide bonds. The molecule has 0 heterocycles. The van der Waals surface area contributed by atoms with Crippen LogP contribution >= 0.6 is 0 Å². The van der Waals surface area contributed by atoms with Crippen molar-refractivity contribution in [1.29, 1.82) is 0 Å². The Morgan fingerprint density at radius 2 is 1.59 bits per heavy atom. The number of carbonyl (C=O) groups is 3. The number of benzene rings is 2. The molecule has 0 fully saturated rings. The summed E-state index contributed by atoms with van der Waals surface area (Å²) in [7, 11) is 0. The molecule has 0 aliphatic rings. The number of nitrogens with zero attached hydrogens (tertiary/aromatic N) is 1. The van der Waals surface area contributed by atoms with Gasteiger partial charge in [-0.15, -0.1) is 0 Å². The third kappa shape index (κ3) is 9.21. The van der Waals surface area contributed by atoms with E-state index in [0.29, 0.717) is 5.56 Å². The van der Waals surface area contributed by atoms with Crippen molar-refractivity contribution in [3.8, 4) is 0 Å². The molecule has 0 aromatic heterocycles. The minimum absolute atomic E-state index is 0.0863. The van der Waals surface area contributed by atoms with E-state index < -0.39 is 29.7 Å². The maximum absolute atomic E-state index is 13.9. The van der Waals surface area contributed by atoms with E-state index in [4.69, 9.17) is 4.74 Å². The Morgan fingerprint density at radius 3 is 2.11 bits per heavy atom. The van der Waals surface area contributed by atoms with Crippen LogP contribution in [0.25, 0.3) is 0 Å². The van der Waals surface area contributed by atoms with E-state index in [0.717, 1.165) is 17.5 Å². The van der Waals surface area contributed by atoms with Gasteiger partial charge in [-0.25, -0.2) is 4.79 Å². The van der Waals surface area contributed by atoms with E-state index in [-0.39, 0.29) is 31.5 Å². The van der Waals surface area contributed by atoms with Gasteiger partial charge in [0.25, 0.3) is 0 Å². The number of nitrogens with one attached hydrogen (secondary N) is 2. The highest BCUT2D eigenvalue weighted by molar-refractivity contribution is 5.92. The Morgan fingerprint density at radius 1 is 0.973 bits per heavy atom. The van der Waals surface area contributed by atoms with Crippen LogP contribution in [0.15, 0.2) is 54.6 Å². The molecule has 0 saturated carbocycles. The molecular weight excluding hydrogens is 470 g/mol. The lowest BCUT2D eigenvalue weighted by Gasteiger charge is -2.35. The maximum atomic E-state index is 13.9. The van der Waals surface area contributed by atoms with E-state index >= 15 is 0 Å². The molecule has 2 aromatic rings. The first-order valence-corrected chi connectivity index (χ1v) is 12.8. The molecule has 0 radical (unpaired) electrons. The van der Waals surface area contributed by atoms with Gasteiger partial charge in [0.05, 0.1) is 6.61 Å². The number of aryl methyl sites for hydroxylation is 1. The third-order valence-electron chi connectivity index (χ3n) is 5.80. The summed E-state index contributed by atoms with van der Waals surface area (Å²) in [5.74, 6) is -1.15. The van der Waals surface area contributed by atoms with Gasteiger partial charge in [-0.1, -0.05) is 75.4 Å². The molecule has 2 rings (SSSR count). The van der Waals surface area contributed by atoms with Gasteiger partial charge in [-0.2, -0.15) is 0 Å². The number of carbonyl (C=O) groups excluding carboxylic acids is 3. The van der Waals surface area contributed by atoms with E-state index in [1.54, 1.807) is 34.6 Å². The predicted octanol–water partition coefficient (Wildman–Crippen LogP) is 3.98. The topological polar surface area (TPSA) is 108 Å². The number of alkyl carbamates (subject to hydrolysis) is 1. The smallest absolute Gasteiger partial charge is 0.408 e. The minimum atomic E-state index is -1.00. The highest BCUT2D eigenvalue weighted by atomic mass is 16.6. The van der Waals surface area contributed by atoms with Gasteiger partial charge >= 0.3 is 6.09 Å². The van der Waals surface area contributed by atoms with E-state index in [1.807, 2.05) is 61.5 Å². The normalized spacial score (nSPS) is 13.0. The Bertz CT molecular complexity index is 1020. The molecule has 202 valence electrons. The van der Waals surface area contributed by atoms with Crippen LogP contribution in [0.5, 0.6) is 0 Å². The van der Waals surface area contributed by atoms with Crippen LogP contribution in [-0.4, -0.2) is 52.7 Å². The molecule has 0 aliphatic heterocycles. The van der Waals surface area contributed by atoms with E-state index in [9.17, 15) is 19.5 Å². The number of amides is 3. The second-order valence-electron chi connectivity index (χ2n) is 10.3. The minimum Gasteiger partial charge on any atom is -0.444 e. The van der Waals surface area contributed by atoms with E-state index in [1.165, 1.54) is 4.90 Å². The lowest BCUT2D eigenvalue weighted by molar-refractivity contribution is -0.144. The quantitative estimate of drug-likeness (QED) is 0.423. The first-order chi connectivity index (χ1) is 17.5. The molecule has 8 nitrogen and oxygen atoms in total. The van der Waals surface area contributed by atoms with Crippen LogP contribution in [0.1, 0.15) is 64.3 Å². The highest BCUT2D eigenvalue weighted by Gasteiger charge is 2.37. The van der Waals surface area contributed by atoms with Gasteiger partial charge in [0.1, 0.15) is 17.7 Å². The predicted molar refractivity (Wildman–Crippen MR) is 144 cm³/mol. The molecular formula is C29H41N3O5. The Kier molecular flexibility index (Phi) is 11.1. The Labute approximate surface area is 220 Å². The second-order valence-corrected chi connectivity index (χ2v) is 10.3. The summed E-state index contributed by atoms with van der Waals surface area (Å²) in [6.07, 6.45) is 0.112. The average Bonchev–Trinajstić information content (AvgIpc) is 2.85. The summed E-state index contributed by atoms with van der Waals surface area (Å²) in [5.41, 5.74) is 1.89. The largest absolute Gasteiger partial charge is 0.444 e. The van der Waals surface area contributed by atoms with Crippen molar-refractivity contribution in [3.63, 3.8) is 0 Å². The molecule has 0 spiro atoms. The molecule has 2 unspecified atom stereocenters. The van der Waals surface area contributed by atoms with Gasteiger partial charge in [0, 0.05) is 13.1 Å². The number of hydrogen-bond acceptors (Lipinski definition) is 5. The van der Waals surface area contributed by atoms with Crippen LogP contribution in [0.4, 0.5) is 4.79 Å². The molecule has 0 aliphatic carbocycles. The van der Waals surface area contributed by atoms with Gasteiger partial charge in [-0.05, 0) is 49.8 Å². The summed E-state index contributed by atoms with van der Waals surface area (Å²) in [6, 6.07) is 15.0. The third-order valence-corrected chi connectivity index (χ3v) is 5.80. The Hall–Kier alpha value is -3.39. The lowest BCUT2D eigenvalue weighted by atomic mass is 9.98. The molecule has 2 aromatic carbocycles. The van der Waals surface area contributed by atoms with Crippen LogP contribution in [0.3, 0.4) is 0 Å². The van der Waals surface area contributed by atoms with Crippen molar-refractivity contribution >= 4 is 17.9 Å². The zero-order valence-corrected chi connectivity index (χ0v) is 22.8. The number of hydrogen-bond donors (Lipinski definition) is 3. The van der Waals surface area contributed by atoms with Crippen LogP contribution in [0, 0.1) is 5.92 Å². The van der Waals surface area contributed by atoms with Crippen LogP contribution in [0.2, 0.25) is 0 Å².